The highest BCUT2D eigenvalue weighted by molar-refractivity contribution is 5.84. The highest BCUT2D eigenvalue weighted by atomic mass is 16.6. The predicted octanol–water partition coefficient (Wildman–Crippen LogP) is 2.55. The summed E-state index contributed by atoms with van der Waals surface area (Å²) in [5.41, 5.74) is 0.226. The lowest BCUT2D eigenvalue weighted by Crippen LogP contribution is -2.40. The van der Waals surface area contributed by atoms with Crippen LogP contribution in [0.2, 0.25) is 0 Å². The number of aryl methyl sites for hydroxylation is 1. The van der Waals surface area contributed by atoms with Crippen LogP contribution in [-0.4, -0.2) is 37.9 Å². The van der Waals surface area contributed by atoms with Crippen LogP contribution >= 0.6 is 0 Å². The highest BCUT2D eigenvalue weighted by Gasteiger charge is 2.44. The van der Waals surface area contributed by atoms with E-state index >= 15 is 0 Å². The van der Waals surface area contributed by atoms with E-state index < -0.39 is 29.3 Å². The average Bonchev–Trinajstić information content (AvgIpc) is 2.85. The van der Waals surface area contributed by atoms with E-state index in [0.717, 1.165) is 5.69 Å². The van der Waals surface area contributed by atoms with Gasteiger partial charge in [0.25, 0.3) is 0 Å². The molecule has 0 aromatic carbocycles. The molecule has 0 radical (unpaired) electrons. The molecule has 0 fully saturated rings. The van der Waals surface area contributed by atoms with Gasteiger partial charge in [-0.1, -0.05) is 0 Å². The number of esters is 1. The summed E-state index contributed by atoms with van der Waals surface area (Å²) in [7, 11) is 1.78. The quantitative estimate of drug-likeness (QED) is 0.743. The Morgan fingerprint density at radius 3 is 2.22 bits per heavy atom. The van der Waals surface area contributed by atoms with E-state index in [2.05, 4.69) is 5.10 Å². The fraction of sp³-hybridized carbons (Fsp3) is 0.688. The lowest BCUT2D eigenvalue weighted by atomic mass is 10.1. The Labute approximate surface area is 136 Å². The Bertz CT molecular complexity index is 622. The van der Waals surface area contributed by atoms with E-state index in [1.807, 2.05) is 0 Å². The Kier molecular flexibility index (Phi) is 4.17. The SMILES string of the molecule is Cn1ncc2c1CN(C(=O)OC(C)(C)C)[C@@H]2C(=O)OC(C)(C)C. The summed E-state index contributed by atoms with van der Waals surface area (Å²) < 4.78 is 12.6. The maximum Gasteiger partial charge on any atom is 0.411 e. The monoisotopic (exact) mass is 323 g/mol. The second-order valence-electron chi connectivity index (χ2n) is 7.71. The molecule has 0 spiro atoms. The number of hydrogen-bond acceptors (Lipinski definition) is 5. The molecule has 0 unspecified atom stereocenters. The van der Waals surface area contributed by atoms with Gasteiger partial charge in [-0.3, -0.25) is 9.58 Å². The van der Waals surface area contributed by atoms with Crippen molar-refractivity contribution in [3.8, 4) is 0 Å². The Hall–Kier alpha value is -2.05. The standard InChI is InChI=1S/C16H25N3O4/c1-15(2,3)22-13(20)12-10-8-17-18(7)11(10)9-19(12)14(21)23-16(4,5)6/h8,12H,9H2,1-7H3/t12-/m0/s1. The first kappa shape index (κ1) is 17.3. The van der Waals surface area contributed by atoms with Crippen molar-refractivity contribution in [2.45, 2.75) is 65.3 Å². The van der Waals surface area contributed by atoms with Crippen molar-refractivity contribution < 1.29 is 19.1 Å². The summed E-state index contributed by atoms with van der Waals surface area (Å²) in [5, 5.41) is 4.17. The number of carbonyl (C=O) groups excluding carboxylic acids is 2. The molecular formula is C16H25N3O4. The molecule has 0 N–H and O–H groups in total. The number of amides is 1. The molecule has 1 aliphatic heterocycles. The summed E-state index contributed by atoms with van der Waals surface area (Å²) in [6.07, 6.45) is 1.07. The Balaban J connectivity index is 2.31. The summed E-state index contributed by atoms with van der Waals surface area (Å²) in [5.74, 6) is -0.477. The summed E-state index contributed by atoms with van der Waals surface area (Å²) in [4.78, 5) is 26.5. The third-order valence-electron chi connectivity index (χ3n) is 3.28. The molecule has 0 aliphatic carbocycles. The first-order valence-electron chi connectivity index (χ1n) is 7.62. The van der Waals surface area contributed by atoms with Crippen molar-refractivity contribution in [3.05, 3.63) is 17.5 Å². The van der Waals surface area contributed by atoms with E-state index in [-0.39, 0.29) is 6.54 Å². The molecule has 0 bridgehead atoms. The van der Waals surface area contributed by atoms with Crippen LogP contribution in [-0.2, 0) is 27.9 Å². The number of nitrogens with zero attached hydrogens (tertiary/aromatic N) is 3. The predicted molar refractivity (Wildman–Crippen MR) is 83.6 cm³/mol. The zero-order valence-electron chi connectivity index (χ0n) is 14.8. The zero-order valence-corrected chi connectivity index (χ0v) is 14.8. The number of rotatable bonds is 1. The number of hydrogen-bond donors (Lipinski definition) is 0. The first-order valence-corrected chi connectivity index (χ1v) is 7.62. The van der Waals surface area contributed by atoms with E-state index in [4.69, 9.17) is 9.47 Å². The van der Waals surface area contributed by atoms with Crippen molar-refractivity contribution in [1.29, 1.82) is 0 Å². The van der Waals surface area contributed by atoms with E-state index in [1.165, 1.54) is 4.90 Å². The topological polar surface area (TPSA) is 73.7 Å². The molecule has 128 valence electrons. The van der Waals surface area contributed by atoms with Crippen molar-refractivity contribution in [2.75, 3.05) is 0 Å². The van der Waals surface area contributed by atoms with E-state index in [1.54, 1.807) is 59.5 Å². The Morgan fingerprint density at radius 1 is 1.13 bits per heavy atom. The van der Waals surface area contributed by atoms with Gasteiger partial charge in [-0.25, -0.2) is 9.59 Å². The Morgan fingerprint density at radius 2 is 1.70 bits per heavy atom. The lowest BCUT2D eigenvalue weighted by Gasteiger charge is -2.29. The minimum Gasteiger partial charge on any atom is -0.458 e. The van der Waals surface area contributed by atoms with Crippen LogP contribution in [0.15, 0.2) is 6.20 Å². The normalized spacial score (nSPS) is 17.9. The van der Waals surface area contributed by atoms with Gasteiger partial charge in [0.2, 0.25) is 0 Å². The van der Waals surface area contributed by atoms with Gasteiger partial charge in [0.15, 0.2) is 6.04 Å². The number of ether oxygens (including phenoxy) is 2. The van der Waals surface area contributed by atoms with Gasteiger partial charge in [-0.05, 0) is 41.5 Å². The largest absolute Gasteiger partial charge is 0.458 e. The smallest absolute Gasteiger partial charge is 0.411 e. The molecule has 1 atom stereocenters. The van der Waals surface area contributed by atoms with Crippen LogP contribution in [0, 0.1) is 0 Å². The minimum absolute atomic E-state index is 0.269. The van der Waals surface area contributed by atoms with Crippen molar-refractivity contribution in [3.63, 3.8) is 0 Å². The third kappa shape index (κ3) is 3.83. The summed E-state index contributed by atoms with van der Waals surface area (Å²) in [6.45, 7) is 11.0. The van der Waals surface area contributed by atoms with E-state index in [9.17, 15) is 9.59 Å². The lowest BCUT2D eigenvalue weighted by molar-refractivity contribution is -0.161. The minimum atomic E-state index is -0.826. The maximum absolute atomic E-state index is 12.6. The fourth-order valence-electron chi connectivity index (χ4n) is 2.42. The van der Waals surface area contributed by atoms with Gasteiger partial charge in [-0.2, -0.15) is 5.10 Å². The highest BCUT2D eigenvalue weighted by Crippen LogP contribution is 2.36. The van der Waals surface area contributed by atoms with Crippen LogP contribution in [0.1, 0.15) is 58.8 Å². The molecule has 0 saturated carbocycles. The molecule has 1 aliphatic rings. The van der Waals surface area contributed by atoms with E-state index in [0.29, 0.717) is 5.56 Å². The molecule has 1 amide bonds. The van der Waals surface area contributed by atoms with Gasteiger partial charge in [0.1, 0.15) is 11.2 Å². The van der Waals surface area contributed by atoms with Crippen molar-refractivity contribution >= 4 is 12.1 Å². The molecule has 7 nitrogen and oxygen atoms in total. The van der Waals surface area contributed by atoms with Crippen LogP contribution < -0.4 is 0 Å². The second-order valence-corrected chi connectivity index (χ2v) is 7.71. The van der Waals surface area contributed by atoms with Crippen molar-refractivity contribution in [1.82, 2.24) is 14.7 Å². The van der Waals surface area contributed by atoms with Crippen LogP contribution in [0.4, 0.5) is 4.79 Å². The third-order valence-corrected chi connectivity index (χ3v) is 3.28. The summed E-state index contributed by atoms with van der Waals surface area (Å²) >= 11 is 0. The number of aromatic nitrogens is 2. The van der Waals surface area contributed by atoms with Crippen LogP contribution in [0.25, 0.3) is 0 Å². The van der Waals surface area contributed by atoms with Gasteiger partial charge >= 0.3 is 12.1 Å². The maximum atomic E-state index is 12.6. The molecule has 1 aromatic heterocycles. The molecule has 2 heterocycles. The van der Waals surface area contributed by atoms with Crippen molar-refractivity contribution in [2.24, 2.45) is 7.05 Å². The first-order chi connectivity index (χ1) is 10.4. The molecule has 1 aromatic rings. The van der Waals surface area contributed by atoms with Crippen LogP contribution in [0.3, 0.4) is 0 Å². The number of fused-ring (bicyclic) bond motifs is 1. The fourth-order valence-corrected chi connectivity index (χ4v) is 2.42. The molecule has 7 heteroatoms. The number of carbonyl (C=O) groups is 2. The van der Waals surface area contributed by atoms with Gasteiger partial charge in [-0.15, -0.1) is 0 Å². The van der Waals surface area contributed by atoms with Gasteiger partial charge < -0.3 is 9.47 Å². The molecule has 2 rings (SSSR count). The molecule has 23 heavy (non-hydrogen) atoms. The average molecular weight is 323 g/mol. The molecule has 0 saturated heterocycles. The van der Waals surface area contributed by atoms with Gasteiger partial charge in [0, 0.05) is 12.6 Å². The summed E-state index contributed by atoms with van der Waals surface area (Å²) in [6, 6.07) is -0.826. The zero-order chi connectivity index (χ0) is 17.6. The molecular weight excluding hydrogens is 298 g/mol. The van der Waals surface area contributed by atoms with Crippen LogP contribution in [0.5, 0.6) is 0 Å². The second kappa shape index (κ2) is 5.54. The van der Waals surface area contributed by atoms with Gasteiger partial charge in [0.05, 0.1) is 18.4 Å².